The molecular weight excluding hydrogens is 384 g/mol. The Labute approximate surface area is 186 Å². The second-order valence-electron chi connectivity index (χ2n) is 8.62. The van der Waals surface area contributed by atoms with Crippen LogP contribution < -0.4 is 0 Å². The highest BCUT2D eigenvalue weighted by molar-refractivity contribution is 6.19. The van der Waals surface area contributed by atoms with Gasteiger partial charge in [-0.3, -0.25) is 0 Å². The summed E-state index contributed by atoms with van der Waals surface area (Å²) in [6, 6.07) is 44.5. The summed E-state index contributed by atoms with van der Waals surface area (Å²) in [5.74, 6) is 0. The van der Waals surface area contributed by atoms with Crippen LogP contribution in [0.15, 0.2) is 121 Å². The lowest BCUT2D eigenvalue weighted by molar-refractivity contribution is 1.71. The summed E-state index contributed by atoms with van der Waals surface area (Å²) in [4.78, 5) is 0. The normalized spacial score (nSPS) is 11.8. The molecule has 0 fully saturated rings. The zero-order valence-electron chi connectivity index (χ0n) is 17.5. The predicted molar refractivity (Wildman–Crippen MR) is 139 cm³/mol. The lowest BCUT2D eigenvalue weighted by atomic mass is 9.89. The highest BCUT2D eigenvalue weighted by Crippen LogP contribution is 2.40. The van der Waals surface area contributed by atoms with Gasteiger partial charge in [-0.1, -0.05) is 91.0 Å². The van der Waals surface area contributed by atoms with Gasteiger partial charge in [0, 0.05) is 0 Å². The molecule has 0 atom stereocenters. The van der Waals surface area contributed by atoms with E-state index in [2.05, 4.69) is 121 Å². The van der Waals surface area contributed by atoms with Crippen molar-refractivity contribution < 1.29 is 0 Å². The first-order chi connectivity index (χ1) is 15.8. The van der Waals surface area contributed by atoms with Crippen LogP contribution in [0, 0.1) is 0 Å². The molecule has 7 rings (SSSR count). The molecule has 0 nitrogen and oxygen atoms in total. The molecule has 0 saturated heterocycles. The maximum absolute atomic E-state index is 2.38. The Hall–Kier alpha value is -4.16. The molecule has 7 aromatic carbocycles. The third kappa shape index (κ3) is 2.57. The zero-order chi connectivity index (χ0) is 21.1. The van der Waals surface area contributed by atoms with Gasteiger partial charge in [0.05, 0.1) is 0 Å². The molecular formula is C32H20. The summed E-state index contributed by atoms with van der Waals surface area (Å²) in [5.41, 5.74) is 2.59. The molecule has 0 heterocycles. The number of hydrogen-bond donors (Lipinski definition) is 0. The molecule has 0 amide bonds. The van der Waals surface area contributed by atoms with Gasteiger partial charge in [-0.2, -0.15) is 0 Å². The van der Waals surface area contributed by atoms with Gasteiger partial charge in [0.15, 0.2) is 0 Å². The molecule has 0 radical (unpaired) electrons. The molecule has 0 aliphatic heterocycles. The maximum atomic E-state index is 2.38. The molecule has 0 unspecified atom stereocenters. The molecule has 7 aromatic rings. The van der Waals surface area contributed by atoms with E-state index in [4.69, 9.17) is 0 Å². The molecule has 0 spiro atoms. The minimum absolute atomic E-state index is 1.28. The fourth-order valence-corrected chi connectivity index (χ4v) is 5.22. The van der Waals surface area contributed by atoms with E-state index >= 15 is 0 Å². The van der Waals surface area contributed by atoms with Gasteiger partial charge in [0.2, 0.25) is 0 Å². The van der Waals surface area contributed by atoms with Crippen molar-refractivity contribution in [3.05, 3.63) is 121 Å². The van der Waals surface area contributed by atoms with Crippen molar-refractivity contribution >= 4 is 53.9 Å². The minimum atomic E-state index is 1.28. The Morgan fingerprint density at radius 1 is 0.250 bits per heavy atom. The zero-order valence-corrected chi connectivity index (χ0v) is 17.5. The van der Waals surface area contributed by atoms with E-state index in [0.717, 1.165) is 0 Å². The van der Waals surface area contributed by atoms with E-state index in [1.807, 2.05) is 0 Å². The Balaban J connectivity index is 1.63. The van der Waals surface area contributed by atoms with Crippen LogP contribution in [0.5, 0.6) is 0 Å². The quantitative estimate of drug-likeness (QED) is 0.189. The van der Waals surface area contributed by atoms with Crippen molar-refractivity contribution in [2.45, 2.75) is 0 Å². The SMILES string of the molecule is c1ccc2cc3c(-c4cc5cc6ccccc6cc5c5ccccc45)cccc3cc2c1. The summed E-state index contributed by atoms with van der Waals surface area (Å²) in [6.07, 6.45) is 0. The molecule has 0 bridgehead atoms. The van der Waals surface area contributed by atoms with E-state index in [0.29, 0.717) is 0 Å². The third-order valence-corrected chi connectivity index (χ3v) is 6.76. The summed E-state index contributed by atoms with van der Waals surface area (Å²) >= 11 is 0. The average molecular weight is 405 g/mol. The first-order valence-electron chi connectivity index (χ1n) is 11.1. The molecule has 32 heavy (non-hydrogen) atoms. The Bertz CT molecular complexity index is 1820. The highest BCUT2D eigenvalue weighted by atomic mass is 14.2. The van der Waals surface area contributed by atoms with E-state index < -0.39 is 0 Å². The molecule has 0 heteroatoms. The van der Waals surface area contributed by atoms with Crippen LogP contribution in [-0.2, 0) is 0 Å². The fraction of sp³-hybridized carbons (Fsp3) is 0. The van der Waals surface area contributed by atoms with Crippen LogP contribution in [0.3, 0.4) is 0 Å². The van der Waals surface area contributed by atoms with Crippen molar-refractivity contribution in [1.29, 1.82) is 0 Å². The summed E-state index contributed by atoms with van der Waals surface area (Å²) < 4.78 is 0. The Morgan fingerprint density at radius 3 is 1.50 bits per heavy atom. The summed E-state index contributed by atoms with van der Waals surface area (Å²) in [6.45, 7) is 0. The van der Waals surface area contributed by atoms with Crippen molar-refractivity contribution in [2.24, 2.45) is 0 Å². The van der Waals surface area contributed by atoms with E-state index in [9.17, 15) is 0 Å². The fourth-order valence-electron chi connectivity index (χ4n) is 5.22. The van der Waals surface area contributed by atoms with Gasteiger partial charge in [0.25, 0.3) is 0 Å². The Kier molecular flexibility index (Phi) is 3.65. The second-order valence-corrected chi connectivity index (χ2v) is 8.62. The van der Waals surface area contributed by atoms with Crippen LogP contribution in [0.25, 0.3) is 65.0 Å². The van der Waals surface area contributed by atoms with Gasteiger partial charge in [-0.05, 0) is 95.3 Å². The standard InChI is InChI=1S/C32H20/c1-3-10-23-18-30-25(16-21(23)8-1)12-7-15-29(30)32-20-26-17-22-9-2-4-11-24(22)19-31(26)27-13-5-6-14-28(27)32/h1-20H. The van der Waals surface area contributed by atoms with Gasteiger partial charge in [-0.25, -0.2) is 0 Å². The summed E-state index contributed by atoms with van der Waals surface area (Å²) in [7, 11) is 0. The lowest BCUT2D eigenvalue weighted by Crippen LogP contribution is -1.87. The van der Waals surface area contributed by atoms with Crippen molar-refractivity contribution in [3.8, 4) is 11.1 Å². The van der Waals surface area contributed by atoms with Crippen LogP contribution in [0.2, 0.25) is 0 Å². The summed E-state index contributed by atoms with van der Waals surface area (Å²) in [5, 5.41) is 12.9. The van der Waals surface area contributed by atoms with Crippen LogP contribution in [-0.4, -0.2) is 0 Å². The molecule has 0 aliphatic carbocycles. The van der Waals surface area contributed by atoms with Crippen LogP contribution in [0.1, 0.15) is 0 Å². The minimum Gasteiger partial charge on any atom is -0.0616 e. The van der Waals surface area contributed by atoms with Gasteiger partial charge < -0.3 is 0 Å². The number of rotatable bonds is 1. The maximum Gasteiger partial charge on any atom is -0.00928 e. The van der Waals surface area contributed by atoms with Gasteiger partial charge in [-0.15, -0.1) is 0 Å². The molecule has 0 saturated carbocycles. The average Bonchev–Trinajstić information content (AvgIpc) is 2.85. The molecule has 0 N–H and O–H groups in total. The van der Waals surface area contributed by atoms with E-state index in [1.54, 1.807) is 0 Å². The van der Waals surface area contributed by atoms with Crippen LogP contribution >= 0.6 is 0 Å². The lowest BCUT2D eigenvalue weighted by Gasteiger charge is -2.14. The van der Waals surface area contributed by atoms with Gasteiger partial charge in [0.1, 0.15) is 0 Å². The van der Waals surface area contributed by atoms with Crippen LogP contribution in [0.4, 0.5) is 0 Å². The topological polar surface area (TPSA) is 0 Å². The number of fused-ring (bicyclic) bond motifs is 6. The van der Waals surface area contributed by atoms with Crippen molar-refractivity contribution in [1.82, 2.24) is 0 Å². The number of hydrogen-bond acceptors (Lipinski definition) is 0. The first kappa shape index (κ1) is 17.5. The van der Waals surface area contributed by atoms with Crippen molar-refractivity contribution in [3.63, 3.8) is 0 Å². The van der Waals surface area contributed by atoms with E-state index in [-0.39, 0.29) is 0 Å². The smallest absolute Gasteiger partial charge is 0.00928 e. The van der Waals surface area contributed by atoms with Gasteiger partial charge >= 0.3 is 0 Å². The molecule has 0 aromatic heterocycles. The largest absolute Gasteiger partial charge is 0.0616 e. The monoisotopic (exact) mass is 404 g/mol. The molecule has 148 valence electrons. The highest BCUT2D eigenvalue weighted by Gasteiger charge is 2.12. The number of benzene rings is 7. The molecule has 0 aliphatic rings. The van der Waals surface area contributed by atoms with E-state index in [1.165, 1.54) is 65.0 Å². The second kappa shape index (κ2) is 6.67. The predicted octanol–water partition coefficient (Wildman–Crippen LogP) is 9.12. The Morgan fingerprint density at radius 2 is 0.781 bits per heavy atom. The van der Waals surface area contributed by atoms with Crippen molar-refractivity contribution in [2.75, 3.05) is 0 Å². The first-order valence-corrected chi connectivity index (χ1v) is 11.1. The third-order valence-electron chi connectivity index (χ3n) is 6.76.